The Kier molecular flexibility index (Phi) is 5.32. The molecule has 3 unspecified atom stereocenters. The van der Waals surface area contributed by atoms with Gasteiger partial charge in [-0.1, -0.05) is 12.1 Å². The molecule has 3 atom stereocenters. The minimum Gasteiger partial charge on any atom is -0.393 e. The maximum atomic E-state index is 12.4. The van der Waals surface area contributed by atoms with E-state index in [0.717, 1.165) is 19.5 Å². The van der Waals surface area contributed by atoms with E-state index >= 15 is 0 Å². The van der Waals surface area contributed by atoms with Crippen molar-refractivity contribution < 1.29 is 14.7 Å². The van der Waals surface area contributed by atoms with Gasteiger partial charge in [-0.15, -0.1) is 0 Å². The number of carbonyl (C=O) groups is 2. The van der Waals surface area contributed by atoms with Gasteiger partial charge >= 0.3 is 0 Å². The predicted octanol–water partition coefficient (Wildman–Crippen LogP) is 1.92. The summed E-state index contributed by atoms with van der Waals surface area (Å²) in [4.78, 5) is 26.1. The number of nitrogens with one attached hydrogen (secondary N) is 1. The summed E-state index contributed by atoms with van der Waals surface area (Å²) >= 11 is 0. The maximum absolute atomic E-state index is 12.4. The molecule has 1 aromatic rings. The van der Waals surface area contributed by atoms with Gasteiger partial charge in [0.2, 0.25) is 5.91 Å². The van der Waals surface area contributed by atoms with E-state index in [1.54, 1.807) is 31.2 Å². The summed E-state index contributed by atoms with van der Waals surface area (Å²) in [6, 6.07) is 6.74. The molecule has 2 rings (SSSR count). The van der Waals surface area contributed by atoms with Crippen LogP contribution >= 0.6 is 0 Å². The third kappa shape index (κ3) is 3.72. The van der Waals surface area contributed by atoms with Gasteiger partial charge in [-0.05, 0) is 51.8 Å². The van der Waals surface area contributed by atoms with Crippen molar-refractivity contribution in [2.45, 2.75) is 39.3 Å². The molecule has 5 heteroatoms. The smallest absolute Gasteiger partial charge is 0.241 e. The summed E-state index contributed by atoms with van der Waals surface area (Å²) in [7, 11) is 0. The Morgan fingerprint density at radius 2 is 2.00 bits per heavy atom. The van der Waals surface area contributed by atoms with Gasteiger partial charge in [-0.2, -0.15) is 0 Å². The molecule has 1 fully saturated rings. The van der Waals surface area contributed by atoms with Crippen molar-refractivity contribution >= 4 is 17.4 Å². The molecule has 1 aliphatic rings. The molecule has 22 heavy (non-hydrogen) atoms. The number of ketones is 1. The molecule has 0 bridgehead atoms. The first kappa shape index (κ1) is 16.6. The fourth-order valence-corrected chi connectivity index (χ4v) is 2.86. The topological polar surface area (TPSA) is 69.6 Å². The molecule has 0 aliphatic carbocycles. The summed E-state index contributed by atoms with van der Waals surface area (Å²) in [6.45, 7) is 6.67. The molecule has 0 aromatic heterocycles. The molecular weight excluding hydrogens is 280 g/mol. The fraction of sp³-hybridized carbons (Fsp3) is 0.529. The highest BCUT2D eigenvalue weighted by Gasteiger charge is 2.31. The number of benzene rings is 1. The molecular formula is C17H24N2O3. The molecule has 0 radical (unpaired) electrons. The van der Waals surface area contributed by atoms with Crippen LogP contribution in [0, 0.1) is 5.92 Å². The summed E-state index contributed by atoms with van der Waals surface area (Å²) in [5.41, 5.74) is 1.07. The normalized spacial score (nSPS) is 21.4. The SMILES string of the molecule is CC(=O)c1ccccc1NC(=O)C(C)N1CCC(C(C)O)C1. The zero-order valence-electron chi connectivity index (χ0n) is 13.4. The average Bonchev–Trinajstić information content (AvgIpc) is 2.96. The molecule has 1 aliphatic heterocycles. The molecule has 2 N–H and O–H groups in total. The van der Waals surface area contributed by atoms with Crippen LogP contribution in [-0.4, -0.2) is 46.9 Å². The van der Waals surface area contributed by atoms with Crippen LogP contribution in [0.5, 0.6) is 0 Å². The van der Waals surface area contributed by atoms with E-state index in [-0.39, 0.29) is 29.8 Å². The van der Waals surface area contributed by atoms with Crippen LogP contribution in [0.4, 0.5) is 5.69 Å². The van der Waals surface area contributed by atoms with E-state index < -0.39 is 0 Å². The number of carbonyl (C=O) groups excluding carboxylic acids is 2. The van der Waals surface area contributed by atoms with Crippen molar-refractivity contribution in [2.24, 2.45) is 5.92 Å². The third-order valence-corrected chi connectivity index (χ3v) is 4.43. The number of aliphatic hydroxyl groups excluding tert-OH is 1. The van der Waals surface area contributed by atoms with Crippen molar-refractivity contribution in [3.05, 3.63) is 29.8 Å². The predicted molar refractivity (Wildman–Crippen MR) is 85.9 cm³/mol. The van der Waals surface area contributed by atoms with Crippen LogP contribution in [0.1, 0.15) is 37.6 Å². The lowest BCUT2D eigenvalue weighted by Crippen LogP contribution is -2.41. The highest BCUT2D eigenvalue weighted by atomic mass is 16.3. The minimum absolute atomic E-state index is 0.0705. The van der Waals surface area contributed by atoms with Gasteiger partial charge in [-0.25, -0.2) is 0 Å². The molecule has 0 saturated carbocycles. The van der Waals surface area contributed by atoms with Gasteiger partial charge in [0.05, 0.1) is 17.8 Å². The first-order valence-electron chi connectivity index (χ1n) is 7.73. The van der Waals surface area contributed by atoms with Gasteiger partial charge < -0.3 is 10.4 Å². The van der Waals surface area contributed by atoms with Crippen molar-refractivity contribution in [3.8, 4) is 0 Å². The van der Waals surface area contributed by atoms with E-state index in [4.69, 9.17) is 0 Å². The van der Waals surface area contributed by atoms with Gasteiger partial charge in [0.1, 0.15) is 0 Å². The number of hydrogen-bond donors (Lipinski definition) is 2. The molecule has 120 valence electrons. The van der Waals surface area contributed by atoms with Crippen LogP contribution in [0.3, 0.4) is 0 Å². The lowest BCUT2D eigenvalue weighted by Gasteiger charge is -2.24. The van der Waals surface area contributed by atoms with Gasteiger partial charge in [0, 0.05) is 12.1 Å². The Hall–Kier alpha value is -1.72. The van der Waals surface area contributed by atoms with E-state index in [0.29, 0.717) is 11.3 Å². The van der Waals surface area contributed by atoms with Crippen molar-refractivity contribution in [1.29, 1.82) is 0 Å². The Morgan fingerprint density at radius 3 is 2.59 bits per heavy atom. The van der Waals surface area contributed by atoms with Crippen LogP contribution in [0.15, 0.2) is 24.3 Å². The number of hydrogen-bond acceptors (Lipinski definition) is 4. The van der Waals surface area contributed by atoms with E-state index in [9.17, 15) is 14.7 Å². The second-order valence-corrected chi connectivity index (χ2v) is 6.05. The Morgan fingerprint density at radius 1 is 1.32 bits per heavy atom. The zero-order chi connectivity index (χ0) is 16.3. The lowest BCUT2D eigenvalue weighted by molar-refractivity contribution is -0.120. The second-order valence-electron chi connectivity index (χ2n) is 6.05. The molecule has 1 saturated heterocycles. The summed E-state index contributed by atoms with van der Waals surface area (Å²) in [5.74, 6) is 0.0265. The van der Waals surface area contributed by atoms with Crippen molar-refractivity contribution in [1.82, 2.24) is 4.90 Å². The number of amides is 1. The number of likely N-dealkylation sites (tertiary alicyclic amines) is 1. The monoisotopic (exact) mass is 304 g/mol. The summed E-state index contributed by atoms with van der Waals surface area (Å²) in [6.07, 6.45) is 0.554. The molecule has 1 amide bonds. The van der Waals surface area contributed by atoms with Gasteiger partial charge in [-0.3, -0.25) is 14.5 Å². The Bertz CT molecular complexity index is 557. The Balaban J connectivity index is 2.02. The van der Waals surface area contributed by atoms with Crippen molar-refractivity contribution in [3.63, 3.8) is 0 Å². The molecule has 1 heterocycles. The Labute approximate surface area is 131 Å². The minimum atomic E-state index is -0.348. The highest BCUT2D eigenvalue weighted by molar-refractivity contribution is 6.04. The average molecular weight is 304 g/mol. The molecule has 1 aromatic carbocycles. The number of rotatable bonds is 5. The van der Waals surface area contributed by atoms with E-state index in [1.807, 2.05) is 6.92 Å². The third-order valence-electron chi connectivity index (χ3n) is 4.43. The number of para-hydroxylation sites is 1. The van der Waals surface area contributed by atoms with Gasteiger partial charge in [0.15, 0.2) is 5.78 Å². The molecule has 0 spiro atoms. The lowest BCUT2D eigenvalue weighted by atomic mass is 10.0. The quantitative estimate of drug-likeness (QED) is 0.815. The number of Topliss-reactive ketones (excluding diaryl/α,β-unsaturated/α-hetero) is 1. The fourth-order valence-electron chi connectivity index (χ4n) is 2.86. The zero-order valence-corrected chi connectivity index (χ0v) is 13.4. The maximum Gasteiger partial charge on any atom is 0.241 e. The van der Waals surface area contributed by atoms with E-state index in [1.165, 1.54) is 6.92 Å². The largest absolute Gasteiger partial charge is 0.393 e. The summed E-state index contributed by atoms with van der Waals surface area (Å²) in [5, 5.41) is 12.5. The van der Waals surface area contributed by atoms with Gasteiger partial charge in [0.25, 0.3) is 0 Å². The summed E-state index contributed by atoms with van der Waals surface area (Å²) < 4.78 is 0. The number of nitrogens with zero attached hydrogens (tertiary/aromatic N) is 1. The van der Waals surface area contributed by atoms with Crippen LogP contribution in [0.2, 0.25) is 0 Å². The first-order chi connectivity index (χ1) is 10.4. The second kappa shape index (κ2) is 7.03. The number of anilines is 1. The van der Waals surface area contributed by atoms with Crippen molar-refractivity contribution in [2.75, 3.05) is 18.4 Å². The standard InChI is InChI=1S/C17H24N2O3/c1-11(19-9-8-14(10-19)12(2)20)17(22)18-16-7-5-4-6-15(16)13(3)21/h4-7,11-12,14,20H,8-10H2,1-3H3,(H,18,22). The van der Waals surface area contributed by atoms with Crippen LogP contribution < -0.4 is 5.32 Å². The highest BCUT2D eigenvalue weighted by Crippen LogP contribution is 2.23. The van der Waals surface area contributed by atoms with Crippen LogP contribution in [-0.2, 0) is 4.79 Å². The number of aliphatic hydroxyl groups is 1. The molecule has 5 nitrogen and oxygen atoms in total. The first-order valence-corrected chi connectivity index (χ1v) is 7.73. The van der Waals surface area contributed by atoms with Crippen LogP contribution in [0.25, 0.3) is 0 Å². The van der Waals surface area contributed by atoms with E-state index in [2.05, 4.69) is 10.2 Å².